The number of fused-ring (bicyclic) bond motifs is 1. The molecular formula is C26H24N2O3. The van der Waals surface area contributed by atoms with Crippen LogP contribution in [0.15, 0.2) is 88.7 Å². The van der Waals surface area contributed by atoms with Crippen molar-refractivity contribution in [3.63, 3.8) is 0 Å². The van der Waals surface area contributed by atoms with Crippen LogP contribution in [0.5, 0.6) is 0 Å². The van der Waals surface area contributed by atoms with Crippen LogP contribution in [0.3, 0.4) is 0 Å². The smallest absolute Gasteiger partial charge is 0.227 e. The molecule has 2 atom stereocenters. The minimum absolute atomic E-state index is 0.0470. The maximum atomic E-state index is 13.6. The average molecular weight is 412 g/mol. The second-order valence-corrected chi connectivity index (χ2v) is 8.01. The molecule has 31 heavy (non-hydrogen) atoms. The quantitative estimate of drug-likeness (QED) is 0.609. The zero-order valence-electron chi connectivity index (χ0n) is 17.4. The van der Waals surface area contributed by atoms with Gasteiger partial charge in [-0.15, -0.1) is 0 Å². The number of nitrogens with one attached hydrogen (secondary N) is 1. The number of allylic oxidation sites excluding steroid dienone is 1. The van der Waals surface area contributed by atoms with Crippen LogP contribution in [0.25, 0.3) is 0 Å². The Morgan fingerprint density at radius 3 is 2.55 bits per heavy atom. The van der Waals surface area contributed by atoms with Gasteiger partial charge in [0.05, 0.1) is 17.6 Å². The third-order valence-corrected chi connectivity index (χ3v) is 6.14. The second kappa shape index (κ2) is 7.91. The molecule has 0 bridgehead atoms. The maximum absolute atomic E-state index is 13.6. The number of rotatable bonds is 3. The van der Waals surface area contributed by atoms with E-state index in [1.165, 1.54) is 0 Å². The van der Waals surface area contributed by atoms with Gasteiger partial charge in [0.2, 0.25) is 5.91 Å². The molecule has 5 nitrogen and oxygen atoms in total. The highest BCUT2D eigenvalue weighted by atomic mass is 16.3. The summed E-state index contributed by atoms with van der Waals surface area (Å²) in [6.07, 6.45) is 3.03. The fourth-order valence-corrected chi connectivity index (χ4v) is 4.71. The first-order valence-corrected chi connectivity index (χ1v) is 10.7. The van der Waals surface area contributed by atoms with E-state index in [1.807, 2.05) is 55.5 Å². The maximum Gasteiger partial charge on any atom is 0.227 e. The van der Waals surface area contributed by atoms with Crippen molar-refractivity contribution in [2.75, 3.05) is 10.2 Å². The number of para-hydroxylation sites is 2. The predicted octanol–water partition coefficient (Wildman–Crippen LogP) is 5.59. The molecule has 3 aromatic rings. The first-order chi connectivity index (χ1) is 15.2. The van der Waals surface area contributed by atoms with Gasteiger partial charge in [0.15, 0.2) is 5.78 Å². The number of amides is 1. The Hall–Kier alpha value is -3.60. The Kier molecular flexibility index (Phi) is 4.94. The molecule has 1 aliphatic heterocycles. The van der Waals surface area contributed by atoms with E-state index in [2.05, 4.69) is 17.4 Å². The molecule has 5 rings (SSSR count). The van der Waals surface area contributed by atoms with Crippen LogP contribution >= 0.6 is 0 Å². The number of nitrogens with zero attached hydrogens (tertiary/aromatic N) is 1. The van der Waals surface area contributed by atoms with E-state index >= 15 is 0 Å². The van der Waals surface area contributed by atoms with E-state index in [-0.39, 0.29) is 17.6 Å². The van der Waals surface area contributed by atoms with E-state index in [4.69, 9.17) is 4.42 Å². The largest absolute Gasteiger partial charge is 0.467 e. The van der Waals surface area contributed by atoms with E-state index in [9.17, 15) is 9.59 Å². The van der Waals surface area contributed by atoms with Crippen LogP contribution in [-0.4, -0.2) is 11.7 Å². The molecule has 0 unspecified atom stereocenters. The number of Topliss-reactive ketones (excluding diaryl/α,β-unsaturated/α-hetero) is 1. The third-order valence-electron chi connectivity index (χ3n) is 6.14. The minimum atomic E-state index is -0.585. The van der Waals surface area contributed by atoms with Crippen LogP contribution in [0, 0.1) is 0 Å². The highest BCUT2D eigenvalue weighted by Crippen LogP contribution is 2.47. The molecule has 1 N–H and O–H groups in total. The van der Waals surface area contributed by atoms with Crippen LogP contribution in [0.1, 0.15) is 49.5 Å². The standard InChI is InChI=1S/C26H24N2O3/c1-2-24(30)28-21-12-7-6-11-19(21)27-20-15-18(17-9-4-3-5-10-17)16-22(29)25(20)26(28)23-13-8-14-31-23/h3-14,18,26-27H,2,15-16H2,1H3/t18-,26-/m1/s1. The molecule has 2 aromatic carbocycles. The zero-order chi connectivity index (χ0) is 21.4. The van der Waals surface area contributed by atoms with Crippen molar-refractivity contribution in [3.05, 3.63) is 95.6 Å². The Bertz CT molecular complexity index is 1150. The lowest BCUT2D eigenvalue weighted by Crippen LogP contribution is -2.38. The number of ketones is 1. The molecule has 156 valence electrons. The van der Waals surface area contributed by atoms with E-state index in [0.29, 0.717) is 30.6 Å². The SMILES string of the molecule is CCC(=O)N1c2ccccc2NC2=C(C(=O)C[C@H](c3ccccc3)C2)[C@H]1c1ccco1. The lowest BCUT2D eigenvalue weighted by atomic mass is 9.79. The summed E-state index contributed by atoms with van der Waals surface area (Å²) in [7, 11) is 0. The van der Waals surface area contributed by atoms with Crippen molar-refractivity contribution in [1.82, 2.24) is 0 Å². The summed E-state index contributed by atoms with van der Waals surface area (Å²) >= 11 is 0. The molecule has 0 fully saturated rings. The van der Waals surface area contributed by atoms with Crippen LogP contribution in [0.2, 0.25) is 0 Å². The zero-order valence-corrected chi connectivity index (χ0v) is 17.4. The normalized spacial score (nSPS) is 20.5. The van der Waals surface area contributed by atoms with Crippen LogP contribution in [0.4, 0.5) is 11.4 Å². The number of hydrogen-bond donors (Lipinski definition) is 1. The third kappa shape index (κ3) is 3.36. The van der Waals surface area contributed by atoms with Crippen molar-refractivity contribution in [2.45, 2.75) is 38.1 Å². The number of hydrogen-bond acceptors (Lipinski definition) is 4. The lowest BCUT2D eigenvalue weighted by Gasteiger charge is -2.33. The summed E-state index contributed by atoms with van der Waals surface area (Å²) in [6.45, 7) is 1.84. The number of benzene rings is 2. The first kappa shape index (κ1) is 19.4. The Labute approximate surface area is 181 Å². The summed E-state index contributed by atoms with van der Waals surface area (Å²) < 4.78 is 5.77. The van der Waals surface area contributed by atoms with Crippen LogP contribution < -0.4 is 10.2 Å². The Balaban J connectivity index is 1.70. The highest BCUT2D eigenvalue weighted by Gasteiger charge is 2.42. The predicted molar refractivity (Wildman–Crippen MR) is 120 cm³/mol. The van der Waals surface area contributed by atoms with Crippen LogP contribution in [-0.2, 0) is 9.59 Å². The van der Waals surface area contributed by atoms with Crippen molar-refractivity contribution in [2.24, 2.45) is 0 Å². The molecule has 2 aliphatic rings. The summed E-state index contributed by atoms with van der Waals surface area (Å²) in [5, 5.41) is 3.52. The fourth-order valence-electron chi connectivity index (χ4n) is 4.71. The molecule has 0 spiro atoms. The summed E-state index contributed by atoms with van der Waals surface area (Å²) in [6, 6.07) is 20.9. The molecular weight excluding hydrogens is 388 g/mol. The Morgan fingerprint density at radius 1 is 1.03 bits per heavy atom. The number of anilines is 2. The molecule has 1 aliphatic carbocycles. The average Bonchev–Trinajstić information content (AvgIpc) is 3.28. The minimum Gasteiger partial charge on any atom is -0.467 e. The van der Waals surface area contributed by atoms with Gasteiger partial charge in [-0.1, -0.05) is 49.4 Å². The van der Waals surface area contributed by atoms with Gasteiger partial charge in [0.25, 0.3) is 0 Å². The lowest BCUT2D eigenvalue weighted by molar-refractivity contribution is -0.119. The van der Waals surface area contributed by atoms with Crippen molar-refractivity contribution in [3.8, 4) is 0 Å². The molecule has 0 saturated heterocycles. The van der Waals surface area contributed by atoms with Crippen molar-refractivity contribution >= 4 is 23.1 Å². The molecule has 0 radical (unpaired) electrons. The van der Waals surface area contributed by atoms with E-state index in [0.717, 1.165) is 22.6 Å². The van der Waals surface area contributed by atoms with Crippen molar-refractivity contribution < 1.29 is 14.0 Å². The van der Waals surface area contributed by atoms with Gasteiger partial charge in [-0.3, -0.25) is 14.5 Å². The Morgan fingerprint density at radius 2 is 1.81 bits per heavy atom. The number of carbonyl (C=O) groups is 2. The molecule has 2 heterocycles. The molecule has 1 aromatic heterocycles. The summed E-state index contributed by atoms with van der Waals surface area (Å²) in [4.78, 5) is 28.5. The second-order valence-electron chi connectivity index (χ2n) is 8.01. The highest BCUT2D eigenvalue weighted by molar-refractivity contribution is 6.06. The summed E-state index contributed by atoms with van der Waals surface area (Å²) in [5.41, 5.74) is 4.23. The van der Waals surface area contributed by atoms with Gasteiger partial charge >= 0.3 is 0 Å². The summed E-state index contributed by atoms with van der Waals surface area (Å²) in [5.74, 6) is 0.685. The molecule has 1 amide bonds. The van der Waals surface area contributed by atoms with Crippen molar-refractivity contribution in [1.29, 1.82) is 0 Å². The monoisotopic (exact) mass is 412 g/mol. The number of carbonyl (C=O) groups excluding carboxylic acids is 2. The molecule has 5 heteroatoms. The van der Waals surface area contributed by atoms with E-state index in [1.54, 1.807) is 17.2 Å². The van der Waals surface area contributed by atoms with Gasteiger partial charge in [0.1, 0.15) is 11.8 Å². The number of furan rings is 1. The fraction of sp³-hybridized carbons (Fsp3) is 0.231. The van der Waals surface area contributed by atoms with Gasteiger partial charge in [-0.05, 0) is 42.2 Å². The van der Waals surface area contributed by atoms with Gasteiger partial charge < -0.3 is 9.73 Å². The van der Waals surface area contributed by atoms with Gasteiger partial charge in [0, 0.05) is 24.1 Å². The van der Waals surface area contributed by atoms with E-state index < -0.39 is 6.04 Å². The van der Waals surface area contributed by atoms with Gasteiger partial charge in [-0.2, -0.15) is 0 Å². The molecule has 0 saturated carbocycles. The van der Waals surface area contributed by atoms with Gasteiger partial charge in [-0.25, -0.2) is 0 Å². The topological polar surface area (TPSA) is 62.6 Å². The first-order valence-electron chi connectivity index (χ1n) is 10.7.